The number of amidine groups is 1. The van der Waals surface area contributed by atoms with Gasteiger partial charge in [-0.3, -0.25) is 9.69 Å². The van der Waals surface area contributed by atoms with E-state index in [-0.39, 0.29) is 5.91 Å². The topological polar surface area (TPSA) is 77.4 Å². The van der Waals surface area contributed by atoms with Crippen LogP contribution in [-0.4, -0.2) is 49.3 Å². The number of carbonyl (C=O) groups is 2. The Kier molecular flexibility index (Phi) is 8.35. The van der Waals surface area contributed by atoms with Crippen molar-refractivity contribution in [1.29, 1.82) is 0 Å². The summed E-state index contributed by atoms with van der Waals surface area (Å²) in [5, 5.41) is 0.504. The predicted octanol–water partition coefficient (Wildman–Crippen LogP) is 5.43. The average Bonchev–Trinajstić information content (AvgIpc) is 3.06. The first-order chi connectivity index (χ1) is 15.9. The van der Waals surface area contributed by atoms with Gasteiger partial charge >= 0.3 is 5.97 Å². The third-order valence-corrected chi connectivity index (χ3v) is 6.13. The number of halogens is 1. The molecule has 9 heteroatoms. The highest BCUT2D eigenvalue weighted by Gasteiger charge is 2.30. The van der Waals surface area contributed by atoms with Crippen LogP contribution in [0.3, 0.4) is 0 Å². The number of hydrogen-bond acceptors (Lipinski definition) is 7. The third-order valence-electron chi connectivity index (χ3n) is 4.48. The number of amides is 1. The Morgan fingerprint density at radius 3 is 2.79 bits per heavy atom. The summed E-state index contributed by atoms with van der Waals surface area (Å²) in [6, 6.07) is 10.4. The summed E-state index contributed by atoms with van der Waals surface area (Å²) in [5.41, 5.74) is 1.72. The number of methoxy groups -OCH3 is 1. The van der Waals surface area contributed by atoms with Crippen molar-refractivity contribution in [3.63, 3.8) is 0 Å². The quantitative estimate of drug-likeness (QED) is 0.257. The summed E-state index contributed by atoms with van der Waals surface area (Å²) in [6.07, 6.45) is 3.42. The van der Waals surface area contributed by atoms with Crippen LogP contribution < -0.4 is 9.47 Å². The monoisotopic (exact) mass is 530 g/mol. The zero-order valence-corrected chi connectivity index (χ0v) is 20.9. The Labute approximate surface area is 205 Å². The molecule has 1 aliphatic heterocycles. The zero-order valence-electron chi connectivity index (χ0n) is 18.5. The fourth-order valence-corrected chi connectivity index (χ4v) is 4.50. The Bertz CT molecular complexity index is 1150. The minimum Gasteiger partial charge on any atom is -0.493 e. The van der Waals surface area contributed by atoms with Crippen LogP contribution in [0, 0.1) is 0 Å². The van der Waals surface area contributed by atoms with E-state index in [9.17, 15) is 9.59 Å². The van der Waals surface area contributed by atoms with Crippen molar-refractivity contribution >= 4 is 56.5 Å². The van der Waals surface area contributed by atoms with Gasteiger partial charge in [-0.25, -0.2) is 9.79 Å². The molecule has 0 unspecified atom stereocenters. The van der Waals surface area contributed by atoms with E-state index in [2.05, 4.69) is 27.5 Å². The van der Waals surface area contributed by atoms with E-state index in [0.29, 0.717) is 50.5 Å². The maximum atomic E-state index is 12.8. The van der Waals surface area contributed by atoms with Crippen LogP contribution in [0.25, 0.3) is 6.08 Å². The number of esters is 1. The number of rotatable bonds is 8. The molecule has 0 atom stereocenters. The zero-order chi connectivity index (χ0) is 24.0. The number of carbonyl (C=O) groups excluding carboxylic acids is 2. The Morgan fingerprint density at radius 1 is 1.30 bits per heavy atom. The van der Waals surface area contributed by atoms with Crippen LogP contribution in [0.15, 0.2) is 63.4 Å². The largest absolute Gasteiger partial charge is 0.493 e. The molecule has 0 N–H and O–H groups in total. The van der Waals surface area contributed by atoms with Crippen LogP contribution in [0.1, 0.15) is 22.8 Å². The smallest absolute Gasteiger partial charge is 0.338 e. The molecule has 0 radical (unpaired) electrons. The minimum absolute atomic E-state index is 0.178. The van der Waals surface area contributed by atoms with Crippen LogP contribution in [0.2, 0.25) is 0 Å². The first-order valence-electron chi connectivity index (χ1n) is 10.0. The van der Waals surface area contributed by atoms with E-state index in [1.54, 1.807) is 63.6 Å². The molecule has 33 heavy (non-hydrogen) atoms. The third kappa shape index (κ3) is 5.85. The van der Waals surface area contributed by atoms with Gasteiger partial charge in [0, 0.05) is 7.05 Å². The molecule has 0 saturated carbocycles. The van der Waals surface area contributed by atoms with Crippen molar-refractivity contribution in [1.82, 2.24) is 4.90 Å². The Morgan fingerprint density at radius 2 is 2.09 bits per heavy atom. The Hall–Kier alpha value is -3.04. The van der Waals surface area contributed by atoms with E-state index in [0.717, 1.165) is 5.56 Å². The molecule has 7 nitrogen and oxygen atoms in total. The van der Waals surface area contributed by atoms with Gasteiger partial charge < -0.3 is 14.2 Å². The molecule has 1 aliphatic rings. The SMILES string of the molecule is C=CCOc1c(Br)cc(C=C2SC(=Nc3cccc(C(=O)OCC)c3)N(C)C2=O)cc1OC. The van der Waals surface area contributed by atoms with Gasteiger partial charge in [0.05, 0.1) is 34.3 Å². The van der Waals surface area contributed by atoms with E-state index < -0.39 is 5.97 Å². The second-order valence-electron chi connectivity index (χ2n) is 6.77. The second-order valence-corrected chi connectivity index (χ2v) is 8.64. The van der Waals surface area contributed by atoms with Gasteiger partial charge in [-0.2, -0.15) is 0 Å². The molecule has 0 spiro atoms. The molecule has 1 saturated heterocycles. The van der Waals surface area contributed by atoms with Crippen molar-refractivity contribution in [2.75, 3.05) is 27.4 Å². The lowest BCUT2D eigenvalue weighted by Gasteiger charge is -2.12. The van der Waals surface area contributed by atoms with Crippen LogP contribution in [-0.2, 0) is 9.53 Å². The van der Waals surface area contributed by atoms with Crippen molar-refractivity contribution in [2.24, 2.45) is 4.99 Å². The second kappa shape index (κ2) is 11.2. The molecule has 172 valence electrons. The summed E-state index contributed by atoms with van der Waals surface area (Å²) in [4.78, 5) is 31.3. The van der Waals surface area contributed by atoms with Gasteiger partial charge in [-0.1, -0.05) is 18.7 Å². The maximum Gasteiger partial charge on any atom is 0.338 e. The van der Waals surface area contributed by atoms with Gasteiger partial charge in [-0.05, 0) is 76.6 Å². The summed E-state index contributed by atoms with van der Waals surface area (Å²) < 4.78 is 16.8. The first kappa shape index (κ1) is 24.6. The molecule has 1 heterocycles. The van der Waals surface area contributed by atoms with Crippen LogP contribution in [0.4, 0.5) is 5.69 Å². The van der Waals surface area contributed by atoms with E-state index in [1.807, 2.05) is 6.07 Å². The molecular formula is C24H23BrN2O5S. The number of likely N-dealkylation sites (N-methyl/N-ethyl adjacent to an activating group) is 1. The molecule has 3 rings (SSSR count). The molecule has 0 bridgehead atoms. The van der Waals surface area contributed by atoms with Crippen molar-refractivity contribution in [3.05, 3.63) is 69.6 Å². The number of nitrogens with zero attached hydrogens (tertiary/aromatic N) is 2. The van der Waals surface area contributed by atoms with Crippen LogP contribution in [0.5, 0.6) is 11.5 Å². The van der Waals surface area contributed by atoms with Crippen molar-refractivity contribution in [2.45, 2.75) is 6.92 Å². The molecule has 0 aromatic heterocycles. The highest BCUT2D eigenvalue weighted by molar-refractivity contribution is 9.10. The van der Waals surface area contributed by atoms with Crippen molar-refractivity contribution in [3.8, 4) is 11.5 Å². The van der Waals surface area contributed by atoms with Gasteiger partial charge in [0.1, 0.15) is 6.61 Å². The standard InChI is InChI=1S/C24H23BrN2O5S/c1-5-10-32-21-18(25)11-15(12-19(21)30-4)13-20-22(28)27(3)24(33-20)26-17-9-7-8-16(14-17)23(29)31-6-2/h5,7-9,11-14H,1,6,10H2,2-4H3. The van der Waals surface area contributed by atoms with Gasteiger partial charge in [0.2, 0.25) is 0 Å². The number of benzene rings is 2. The van der Waals surface area contributed by atoms with E-state index in [1.165, 1.54) is 16.7 Å². The summed E-state index contributed by atoms with van der Waals surface area (Å²) in [6.45, 7) is 6.03. The van der Waals surface area contributed by atoms with Crippen molar-refractivity contribution < 1.29 is 23.8 Å². The first-order valence-corrected chi connectivity index (χ1v) is 11.6. The van der Waals surface area contributed by atoms with Gasteiger partial charge in [0.25, 0.3) is 5.91 Å². The van der Waals surface area contributed by atoms with Gasteiger partial charge in [0.15, 0.2) is 16.7 Å². The minimum atomic E-state index is -0.413. The van der Waals surface area contributed by atoms with Gasteiger partial charge in [-0.15, -0.1) is 0 Å². The van der Waals surface area contributed by atoms with E-state index in [4.69, 9.17) is 14.2 Å². The lowest BCUT2D eigenvalue weighted by Crippen LogP contribution is -2.23. The molecular weight excluding hydrogens is 508 g/mol. The fourth-order valence-electron chi connectivity index (χ4n) is 2.94. The number of hydrogen-bond donors (Lipinski definition) is 0. The number of aliphatic imine (C=N–C) groups is 1. The highest BCUT2D eigenvalue weighted by atomic mass is 79.9. The molecule has 0 aliphatic carbocycles. The maximum absolute atomic E-state index is 12.8. The van der Waals surface area contributed by atoms with E-state index >= 15 is 0 Å². The predicted molar refractivity (Wildman–Crippen MR) is 134 cm³/mol. The lowest BCUT2D eigenvalue weighted by molar-refractivity contribution is -0.121. The lowest BCUT2D eigenvalue weighted by atomic mass is 10.2. The number of ether oxygens (including phenoxy) is 3. The average molecular weight is 531 g/mol. The summed E-state index contributed by atoms with van der Waals surface area (Å²) >= 11 is 4.75. The molecule has 1 amide bonds. The fraction of sp³-hybridized carbons (Fsp3) is 0.208. The summed E-state index contributed by atoms with van der Waals surface area (Å²) in [5.74, 6) is 0.503. The number of thioether (sulfide) groups is 1. The molecule has 1 fully saturated rings. The molecule has 2 aromatic rings. The molecule has 2 aromatic carbocycles. The normalized spacial score (nSPS) is 15.8. The van der Waals surface area contributed by atoms with Crippen LogP contribution >= 0.6 is 27.7 Å². The Balaban J connectivity index is 1.88. The summed E-state index contributed by atoms with van der Waals surface area (Å²) in [7, 11) is 3.21. The highest BCUT2D eigenvalue weighted by Crippen LogP contribution is 2.39.